The monoisotopic (exact) mass is 332 g/mol. The molecule has 1 heterocycles. The number of amides is 1. The quantitative estimate of drug-likeness (QED) is 0.716. The summed E-state index contributed by atoms with van der Waals surface area (Å²) < 4.78 is 0. The molecular weight excluding hydrogens is 319 g/mol. The maximum absolute atomic E-state index is 12.2. The normalized spacial score (nSPS) is 10.9. The Labute approximate surface area is 138 Å². The number of fused-ring (bicyclic) bond motifs is 1. The highest BCUT2D eigenvalue weighted by molar-refractivity contribution is 6.31. The van der Waals surface area contributed by atoms with Crippen molar-refractivity contribution in [3.05, 3.63) is 69.3 Å². The lowest BCUT2D eigenvalue weighted by Gasteiger charge is -2.05. The van der Waals surface area contributed by atoms with E-state index >= 15 is 0 Å². The predicted octanol–water partition coefficient (Wildman–Crippen LogP) is 4.71. The molecule has 0 atom stereocenters. The van der Waals surface area contributed by atoms with Crippen LogP contribution >= 0.6 is 23.2 Å². The Morgan fingerprint density at radius 1 is 1.14 bits per heavy atom. The molecule has 2 aromatic carbocycles. The Hall–Kier alpha value is -1.97. The van der Waals surface area contributed by atoms with Gasteiger partial charge in [-0.3, -0.25) is 4.79 Å². The van der Waals surface area contributed by atoms with Crippen LogP contribution in [0.25, 0.3) is 10.9 Å². The van der Waals surface area contributed by atoms with E-state index in [0.29, 0.717) is 22.3 Å². The lowest BCUT2D eigenvalue weighted by atomic mass is 10.1. The van der Waals surface area contributed by atoms with Crippen LogP contribution in [0.3, 0.4) is 0 Å². The van der Waals surface area contributed by atoms with Crippen LogP contribution in [0.15, 0.2) is 42.5 Å². The number of benzene rings is 2. The number of carbonyl (C=O) groups excluding carboxylic acids is 1. The van der Waals surface area contributed by atoms with E-state index in [-0.39, 0.29) is 5.91 Å². The van der Waals surface area contributed by atoms with Gasteiger partial charge in [0, 0.05) is 27.5 Å². The van der Waals surface area contributed by atoms with E-state index in [2.05, 4.69) is 10.3 Å². The largest absolute Gasteiger partial charge is 0.351 e. The van der Waals surface area contributed by atoms with Gasteiger partial charge in [0.1, 0.15) is 5.69 Å². The fourth-order valence-electron chi connectivity index (χ4n) is 2.25. The van der Waals surface area contributed by atoms with E-state index in [9.17, 15) is 4.79 Å². The van der Waals surface area contributed by atoms with Crippen LogP contribution in [0.1, 0.15) is 21.6 Å². The van der Waals surface area contributed by atoms with Crippen molar-refractivity contribution in [2.24, 2.45) is 0 Å². The van der Waals surface area contributed by atoms with Crippen molar-refractivity contribution in [2.75, 3.05) is 0 Å². The molecule has 1 aromatic heterocycles. The van der Waals surface area contributed by atoms with Gasteiger partial charge in [-0.05, 0) is 48.4 Å². The molecule has 0 unspecified atom stereocenters. The first-order chi connectivity index (χ1) is 10.5. The van der Waals surface area contributed by atoms with Crippen LogP contribution in [0.5, 0.6) is 0 Å². The highest BCUT2D eigenvalue weighted by Crippen LogP contribution is 2.20. The zero-order valence-corrected chi connectivity index (χ0v) is 13.4. The maximum atomic E-state index is 12.2. The number of aryl methyl sites for hydroxylation is 1. The van der Waals surface area contributed by atoms with Crippen LogP contribution in [0.2, 0.25) is 10.0 Å². The van der Waals surface area contributed by atoms with E-state index in [1.807, 2.05) is 37.3 Å². The number of hydrogen-bond acceptors (Lipinski definition) is 1. The van der Waals surface area contributed by atoms with Crippen molar-refractivity contribution in [3.63, 3.8) is 0 Å². The number of rotatable bonds is 3. The van der Waals surface area contributed by atoms with E-state index < -0.39 is 0 Å². The van der Waals surface area contributed by atoms with Gasteiger partial charge in [-0.1, -0.05) is 35.3 Å². The van der Waals surface area contributed by atoms with Crippen molar-refractivity contribution in [2.45, 2.75) is 13.5 Å². The standard InChI is InChI=1S/C17H14Cl2N2O/c1-10-2-3-11(6-14(10)19)9-20-17(22)16-8-12-7-13(18)4-5-15(12)21-16/h2-8,21H,9H2,1H3,(H,20,22). The highest BCUT2D eigenvalue weighted by Gasteiger charge is 2.09. The molecule has 2 N–H and O–H groups in total. The molecule has 1 amide bonds. The number of aromatic nitrogens is 1. The molecule has 0 fully saturated rings. The lowest BCUT2D eigenvalue weighted by molar-refractivity contribution is 0.0947. The van der Waals surface area contributed by atoms with Gasteiger partial charge < -0.3 is 10.3 Å². The third-order valence-corrected chi connectivity index (χ3v) is 4.16. The van der Waals surface area contributed by atoms with Gasteiger partial charge >= 0.3 is 0 Å². The fourth-order valence-corrected chi connectivity index (χ4v) is 2.63. The summed E-state index contributed by atoms with van der Waals surface area (Å²) in [6, 6.07) is 13.0. The molecule has 0 spiro atoms. The van der Waals surface area contributed by atoms with Crippen molar-refractivity contribution >= 4 is 40.0 Å². The summed E-state index contributed by atoms with van der Waals surface area (Å²) in [6.45, 7) is 2.37. The topological polar surface area (TPSA) is 44.9 Å². The minimum absolute atomic E-state index is 0.163. The van der Waals surface area contributed by atoms with Gasteiger partial charge in [-0.15, -0.1) is 0 Å². The van der Waals surface area contributed by atoms with Gasteiger partial charge in [0.05, 0.1) is 0 Å². The minimum Gasteiger partial charge on any atom is -0.351 e. The molecule has 0 radical (unpaired) electrons. The van der Waals surface area contributed by atoms with Gasteiger partial charge in [-0.2, -0.15) is 0 Å². The molecule has 3 rings (SSSR count). The smallest absolute Gasteiger partial charge is 0.267 e. The molecule has 22 heavy (non-hydrogen) atoms. The summed E-state index contributed by atoms with van der Waals surface area (Å²) in [5.74, 6) is -0.163. The third-order valence-electron chi connectivity index (χ3n) is 3.52. The van der Waals surface area contributed by atoms with Crippen LogP contribution in [-0.4, -0.2) is 10.9 Å². The second kappa shape index (κ2) is 6.03. The summed E-state index contributed by atoms with van der Waals surface area (Å²) in [6.07, 6.45) is 0. The van der Waals surface area contributed by atoms with Gasteiger partial charge in [0.25, 0.3) is 5.91 Å². The van der Waals surface area contributed by atoms with Gasteiger partial charge in [0.15, 0.2) is 0 Å². The molecule has 3 aromatic rings. The number of carbonyl (C=O) groups is 1. The van der Waals surface area contributed by atoms with Crippen LogP contribution in [-0.2, 0) is 6.54 Å². The first-order valence-electron chi connectivity index (χ1n) is 6.84. The second-order valence-corrected chi connectivity index (χ2v) is 6.02. The molecule has 0 aliphatic heterocycles. The zero-order valence-electron chi connectivity index (χ0n) is 11.9. The highest BCUT2D eigenvalue weighted by atomic mass is 35.5. The number of hydrogen-bond donors (Lipinski definition) is 2. The Morgan fingerprint density at radius 3 is 2.73 bits per heavy atom. The first kappa shape index (κ1) is 14.9. The average molecular weight is 333 g/mol. The Bertz CT molecular complexity index is 855. The fraction of sp³-hybridized carbons (Fsp3) is 0.118. The summed E-state index contributed by atoms with van der Waals surface area (Å²) in [5, 5.41) is 5.14. The van der Waals surface area contributed by atoms with E-state index in [1.54, 1.807) is 12.1 Å². The Kier molecular flexibility index (Phi) is 4.10. The van der Waals surface area contributed by atoms with Gasteiger partial charge in [-0.25, -0.2) is 0 Å². The summed E-state index contributed by atoms with van der Waals surface area (Å²) >= 11 is 12.0. The van der Waals surface area contributed by atoms with Crippen LogP contribution in [0, 0.1) is 6.92 Å². The predicted molar refractivity (Wildman–Crippen MR) is 90.7 cm³/mol. The Balaban J connectivity index is 1.74. The Morgan fingerprint density at radius 2 is 1.95 bits per heavy atom. The van der Waals surface area contributed by atoms with Crippen LogP contribution < -0.4 is 5.32 Å². The van der Waals surface area contributed by atoms with E-state index in [4.69, 9.17) is 23.2 Å². The van der Waals surface area contributed by atoms with Crippen LogP contribution in [0.4, 0.5) is 0 Å². The van der Waals surface area contributed by atoms with Crippen molar-refractivity contribution in [1.82, 2.24) is 10.3 Å². The van der Waals surface area contributed by atoms with Crippen molar-refractivity contribution in [1.29, 1.82) is 0 Å². The third kappa shape index (κ3) is 3.11. The number of H-pyrrole nitrogens is 1. The minimum atomic E-state index is -0.163. The molecule has 0 aliphatic rings. The van der Waals surface area contributed by atoms with Gasteiger partial charge in [0.2, 0.25) is 0 Å². The summed E-state index contributed by atoms with van der Waals surface area (Å²) in [5.41, 5.74) is 3.37. The zero-order chi connectivity index (χ0) is 15.7. The molecule has 5 heteroatoms. The first-order valence-corrected chi connectivity index (χ1v) is 7.60. The van der Waals surface area contributed by atoms with Crippen molar-refractivity contribution < 1.29 is 4.79 Å². The van der Waals surface area contributed by atoms with Crippen molar-refractivity contribution in [3.8, 4) is 0 Å². The molecule has 3 nitrogen and oxygen atoms in total. The molecule has 0 aliphatic carbocycles. The maximum Gasteiger partial charge on any atom is 0.267 e. The molecule has 0 saturated heterocycles. The average Bonchev–Trinajstić information content (AvgIpc) is 2.91. The van der Waals surface area contributed by atoms with E-state index in [1.165, 1.54) is 0 Å². The van der Waals surface area contributed by atoms with E-state index in [0.717, 1.165) is 22.0 Å². The molecule has 0 bridgehead atoms. The number of aromatic amines is 1. The molecular formula is C17H14Cl2N2O. The second-order valence-electron chi connectivity index (χ2n) is 5.18. The summed E-state index contributed by atoms with van der Waals surface area (Å²) in [7, 11) is 0. The number of halogens is 2. The summed E-state index contributed by atoms with van der Waals surface area (Å²) in [4.78, 5) is 15.3. The lowest BCUT2D eigenvalue weighted by Crippen LogP contribution is -2.23. The molecule has 0 saturated carbocycles. The number of nitrogens with one attached hydrogen (secondary N) is 2. The SMILES string of the molecule is Cc1ccc(CNC(=O)c2cc3cc(Cl)ccc3[nH]2)cc1Cl. The molecule has 112 valence electrons.